The molecular formula is C49H65FN2O9. The molecule has 61 heavy (non-hydrogen) atoms. The van der Waals surface area contributed by atoms with Gasteiger partial charge < -0.3 is 43.4 Å². The second kappa shape index (κ2) is 22.6. The monoisotopic (exact) mass is 844 g/mol. The van der Waals surface area contributed by atoms with E-state index in [0.29, 0.717) is 70.1 Å². The number of nitrogens with zero attached hydrogens (tertiary/aromatic N) is 1. The number of carbonyl (C=O) groups excluding carboxylic acids is 2. The fourth-order valence-corrected chi connectivity index (χ4v) is 7.78. The van der Waals surface area contributed by atoms with Gasteiger partial charge in [-0.3, -0.25) is 4.79 Å². The molecule has 5 rings (SSSR count). The van der Waals surface area contributed by atoms with E-state index in [0.717, 1.165) is 46.5 Å². The molecule has 1 amide bonds. The number of aryl methyl sites for hydroxylation is 1. The highest BCUT2D eigenvalue weighted by atomic mass is 19.1. The van der Waals surface area contributed by atoms with Crippen LogP contribution in [0, 0.1) is 5.82 Å². The van der Waals surface area contributed by atoms with Gasteiger partial charge in [-0.25, -0.2) is 9.18 Å². The zero-order valence-corrected chi connectivity index (χ0v) is 37.0. The summed E-state index contributed by atoms with van der Waals surface area (Å²) in [6.45, 7) is 16.0. The number of aromatic nitrogens is 1. The predicted octanol–water partition coefficient (Wildman–Crippen LogP) is 9.34. The molecule has 1 aliphatic heterocycles. The van der Waals surface area contributed by atoms with Gasteiger partial charge in [0.15, 0.2) is 5.79 Å². The molecule has 0 spiro atoms. The van der Waals surface area contributed by atoms with Crippen molar-refractivity contribution in [3.8, 4) is 22.4 Å². The van der Waals surface area contributed by atoms with E-state index >= 15 is 0 Å². The largest absolute Gasteiger partial charge is 0.458 e. The molecular weight excluding hydrogens is 780 g/mol. The fourth-order valence-electron chi connectivity index (χ4n) is 7.78. The normalized spacial score (nSPS) is 16.5. The Kier molecular flexibility index (Phi) is 17.6. The highest BCUT2D eigenvalue weighted by Gasteiger charge is 2.36. The maximum absolute atomic E-state index is 14.7. The van der Waals surface area contributed by atoms with Gasteiger partial charge in [0.2, 0.25) is 0 Å². The van der Waals surface area contributed by atoms with Crippen molar-refractivity contribution in [1.82, 2.24) is 4.57 Å². The van der Waals surface area contributed by atoms with Crippen molar-refractivity contribution in [3.63, 3.8) is 0 Å². The van der Waals surface area contributed by atoms with Crippen molar-refractivity contribution < 1.29 is 47.5 Å². The van der Waals surface area contributed by atoms with Crippen LogP contribution in [0.5, 0.6) is 0 Å². The van der Waals surface area contributed by atoms with Crippen molar-refractivity contribution in [3.05, 3.63) is 102 Å². The topological polar surface area (TPSA) is 127 Å². The van der Waals surface area contributed by atoms with Crippen LogP contribution in [0.25, 0.3) is 22.4 Å². The average molecular weight is 845 g/mol. The van der Waals surface area contributed by atoms with E-state index in [-0.39, 0.29) is 43.1 Å². The molecule has 1 aromatic heterocycles. The first-order valence-corrected chi connectivity index (χ1v) is 21.5. The molecule has 2 atom stereocenters. The highest BCUT2D eigenvalue weighted by molar-refractivity contribution is 6.12. The number of hydrogen-bond acceptors (Lipinski definition) is 9. The van der Waals surface area contributed by atoms with Gasteiger partial charge in [-0.1, -0.05) is 56.3 Å². The lowest BCUT2D eigenvalue weighted by atomic mass is 9.94. The number of rotatable bonds is 22. The Labute approximate surface area is 360 Å². The van der Waals surface area contributed by atoms with Gasteiger partial charge in [-0.15, -0.1) is 0 Å². The molecule has 0 unspecified atom stereocenters. The van der Waals surface area contributed by atoms with Crippen molar-refractivity contribution >= 4 is 17.6 Å². The molecule has 1 aliphatic rings. The SMILES string of the molecule is CC(C)c1c(C(=O)Nc2ccc(CCCOCCOCCOCC(=O)OC(C)(C)C)cc2)c(-c2ccccc2)c(-c2ccc(F)cc2)n1CC[C@@H]1C[C@H](CCO)OC(C)(C)O1. The van der Waals surface area contributed by atoms with E-state index in [1.165, 1.54) is 12.1 Å². The summed E-state index contributed by atoms with van der Waals surface area (Å²) < 4.78 is 50.9. The van der Waals surface area contributed by atoms with Crippen molar-refractivity contribution in [2.24, 2.45) is 0 Å². The third kappa shape index (κ3) is 14.6. The van der Waals surface area contributed by atoms with E-state index in [9.17, 15) is 19.1 Å². The first-order valence-electron chi connectivity index (χ1n) is 21.5. The number of aliphatic hydroxyl groups excluding tert-OH is 1. The number of ether oxygens (including phenoxy) is 6. The lowest BCUT2D eigenvalue weighted by Gasteiger charge is -2.41. The van der Waals surface area contributed by atoms with Crippen LogP contribution in [0.15, 0.2) is 78.9 Å². The Morgan fingerprint density at radius 1 is 0.852 bits per heavy atom. The van der Waals surface area contributed by atoms with Gasteiger partial charge in [0.05, 0.1) is 49.9 Å². The minimum atomic E-state index is -0.802. The first-order chi connectivity index (χ1) is 29.1. The molecule has 1 fully saturated rings. The second-order valence-electron chi connectivity index (χ2n) is 17.2. The molecule has 2 N–H and O–H groups in total. The van der Waals surface area contributed by atoms with E-state index in [1.807, 2.05) is 89.2 Å². The summed E-state index contributed by atoms with van der Waals surface area (Å²) in [4.78, 5) is 26.4. The van der Waals surface area contributed by atoms with E-state index in [4.69, 9.17) is 28.4 Å². The van der Waals surface area contributed by atoms with Gasteiger partial charge in [0.1, 0.15) is 18.0 Å². The number of hydrogen-bond donors (Lipinski definition) is 2. The van der Waals surface area contributed by atoms with Crippen LogP contribution in [0.1, 0.15) is 102 Å². The molecule has 11 nitrogen and oxygen atoms in total. The molecule has 0 bridgehead atoms. The van der Waals surface area contributed by atoms with Gasteiger partial charge in [0.25, 0.3) is 5.91 Å². The van der Waals surface area contributed by atoms with Gasteiger partial charge in [-0.2, -0.15) is 0 Å². The summed E-state index contributed by atoms with van der Waals surface area (Å²) >= 11 is 0. The Bertz CT molecular complexity index is 1970. The second-order valence-corrected chi connectivity index (χ2v) is 17.2. The molecule has 3 aromatic carbocycles. The minimum Gasteiger partial charge on any atom is -0.458 e. The van der Waals surface area contributed by atoms with E-state index < -0.39 is 17.4 Å². The van der Waals surface area contributed by atoms with Crippen LogP contribution in [0.4, 0.5) is 10.1 Å². The summed E-state index contributed by atoms with van der Waals surface area (Å²) in [6.07, 6.45) is 3.16. The maximum atomic E-state index is 14.7. The van der Waals surface area contributed by atoms with Gasteiger partial charge >= 0.3 is 5.97 Å². The van der Waals surface area contributed by atoms with Crippen molar-refractivity contribution in [1.29, 1.82) is 0 Å². The van der Waals surface area contributed by atoms with Crippen LogP contribution in [0.3, 0.4) is 0 Å². The molecule has 0 saturated carbocycles. The molecule has 2 heterocycles. The van der Waals surface area contributed by atoms with Gasteiger partial charge in [-0.05, 0) is 119 Å². The highest BCUT2D eigenvalue weighted by Crippen LogP contribution is 2.43. The van der Waals surface area contributed by atoms with Crippen LogP contribution < -0.4 is 5.32 Å². The van der Waals surface area contributed by atoms with E-state index in [1.54, 1.807) is 12.1 Å². The van der Waals surface area contributed by atoms with Crippen LogP contribution in [-0.4, -0.2) is 91.4 Å². The summed E-state index contributed by atoms with van der Waals surface area (Å²) in [5, 5.41) is 12.9. The number of halogens is 1. The van der Waals surface area contributed by atoms with Crippen molar-refractivity contribution in [2.75, 3.05) is 51.6 Å². The number of anilines is 1. The van der Waals surface area contributed by atoms with Crippen molar-refractivity contribution in [2.45, 2.75) is 117 Å². The number of benzene rings is 3. The molecule has 332 valence electrons. The lowest BCUT2D eigenvalue weighted by Crippen LogP contribution is -2.45. The van der Waals surface area contributed by atoms with Crippen LogP contribution in [0.2, 0.25) is 0 Å². The number of amides is 1. The summed E-state index contributed by atoms with van der Waals surface area (Å²) in [6, 6.07) is 24.2. The Morgan fingerprint density at radius 3 is 2.10 bits per heavy atom. The summed E-state index contributed by atoms with van der Waals surface area (Å²) in [5.74, 6) is -1.81. The number of esters is 1. The number of aliphatic hydroxyl groups is 1. The Balaban J connectivity index is 1.26. The number of nitrogens with one attached hydrogen (secondary N) is 1. The Morgan fingerprint density at radius 2 is 1.48 bits per heavy atom. The number of carbonyl (C=O) groups is 2. The third-order valence-corrected chi connectivity index (χ3v) is 10.2. The van der Waals surface area contributed by atoms with E-state index in [2.05, 4.69) is 23.7 Å². The van der Waals surface area contributed by atoms with Crippen LogP contribution in [-0.2, 0) is 46.2 Å². The fraction of sp³-hybridized carbons (Fsp3) is 0.510. The zero-order chi connectivity index (χ0) is 44.0. The molecule has 1 saturated heterocycles. The average Bonchev–Trinajstić information content (AvgIpc) is 3.55. The summed E-state index contributed by atoms with van der Waals surface area (Å²) in [5.41, 5.74) is 6.02. The molecule has 0 radical (unpaired) electrons. The lowest BCUT2D eigenvalue weighted by molar-refractivity contribution is -0.302. The standard InChI is InChI=1S/C49H65FN2O9/c1-34(2)45-44(47(55)51-39-21-15-35(16-22-39)12-11-27-56-28-29-57-30-31-58-33-42(54)61-48(3,4)5)43(36-13-9-8-10-14-36)46(37-17-19-38(50)20-18-37)52(45)25-23-40-32-41(24-26-53)60-49(6,7)59-40/h8-10,13-22,34,40-41,53H,11-12,23-33H2,1-7H3,(H,51,55)/t40-,41+/m1/s1. The Hall–Kier alpha value is -4.43. The molecule has 12 heteroatoms. The summed E-state index contributed by atoms with van der Waals surface area (Å²) in [7, 11) is 0. The molecule has 0 aliphatic carbocycles. The third-order valence-electron chi connectivity index (χ3n) is 10.2. The maximum Gasteiger partial charge on any atom is 0.332 e. The first kappa shape index (κ1) is 47.6. The van der Waals surface area contributed by atoms with Gasteiger partial charge in [0, 0.05) is 43.1 Å². The van der Waals surface area contributed by atoms with Crippen LogP contribution >= 0.6 is 0 Å². The molecule has 4 aromatic rings. The quantitative estimate of drug-likeness (QED) is 0.0588. The minimum absolute atomic E-state index is 0.0323. The zero-order valence-electron chi connectivity index (χ0n) is 37.0. The predicted molar refractivity (Wildman–Crippen MR) is 235 cm³/mol. The smallest absolute Gasteiger partial charge is 0.332 e.